The van der Waals surface area contributed by atoms with Crippen molar-refractivity contribution >= 4 is 11.8 Å². The maximum atomic E-state index is 12.0. The number of esters is 1. The maximum absolute atomic E-state index is 12.0. The van der Waals surface area contributed by atoms with E-state index in [9.17, 15) is 9.59 Å². The Morgan fingerprint density at radius 2 is 2.06 bits per heavy atom. The van der Waals surface area contributed by atoms with E-state index in [1.165, 1.54) is 0 Å². The van der Waals surface area contributed by atoms with Crippen LogP contribution >= 0.6 is 0 Å². The van der Waals surface area contributed by atoms with E-state index in [1.54, 1.807) is 0 Å². The summed E-state index contributed by atoms with van der Waals surface area (Å²) >= 11 is 0. The fourth-order valence-corrected chi connectivity index (χ4v) is 1.84. The van der Waals surface area contributed by atoms with Gasteiger partial charge in [-0.05, 0) is 11.8 Å². The van der Waals surface area contributed by atoms with Crippen LogP contribution in [0.5, 0.6) is 0 Å². The van der Waals surface area contributed by atoms with Gasteiger partial charge in [0.25, 0.3) is 0 Å². The molecule has 1 rings (SSSR count). The van der Waals surface area contributed by atoms with E-state index < -0.39 is 11.4 Å². The largest absolute Gasteiger partial charge is 0.448 e. The standard InChI is InChI=1S/C13H16O3/c1-5-11(15)16-9-10(14)13(4)8-6-7-12(13,2)3/h1,6-7H,8-9H2,2-4H3/t13-/m1/s1. The second-order valence-corrected chi connectivity index (χ2v) is 4.80. The van der Waals surface area contributed by atoms with Gasteiger partial charge in [0.15, 0.2) is 12.4 Å². The number of hydrogen-bond donors (Lipinski definition) is 0. The highest BCUT2D eigenvalue weighted by atomic mass is 16.5. The zero-order valence-electron chi connectivity index (χ0n) is 9.87. The Kier molecular flexibility index (Phi) is 3.23. The number of rotatable bonds is 3. The van der Waals surface area contributed by atoms with Gasteiger partial charge in [0, 0.05) is 11.3 Å². The third-order valence-electron chi connectivity index (χ3n) is 3.55. The Balaban J connectivity index is 2.69. The van der Waals surface area contributed by atoms with Gasteiger partial charge in [-0.3, -0.25) is 4.79 Å². The van der Waals surface area contributed by atoms with E-state index in [1.807, 2.05) is 38.8 Å². The molecule has 0 saturated heterocycles. The van der Waals surface area contributed by atoms with Crippen molar-refractivity contribution in [3.05, 3.63) is 12.2 Å². The van der Waals surface area contributed by atoms with Crippen LogP contribution in [0.3, 0.4) is 0 Å². The predicted molar refractivity (Wildman–Crippen MR) is 60.4 cm³/mol. The van der Waals surface area contributed by atoms with Crippen molar-refractivity contribution in [1.29, 1.82) is 0 Å². The maximum Gasteiger partial charge on any atom is 0.384 e. The van der Waals surface area contributed by atoms with Crippen molar-refractivity contribution in [2.45, 2.75) is 27.2 Å². The van der Waals surface area contributed by atoms with Crippen LogP contribution in [-0.2, 0) is 14.3 Å². The van der Waals surface area contributed by atoms with Gasteiger partial charge in [-0.25, -0.2) is 4.79 Å². The molecular formula is C13H16O3. The Morgan fingerprint density at radius 3 is 2.50 bits per heavy atom. The van der Waals surface area contributed by atoms with Gasteiger partial charge >= 0.3 is 5.97 Å². The van der Waals surface area contributed by atoms with E-state index in [0.29, 0.717) is 6.42 Å². The molecule has 0 bridgehead atoms. The number of carbonyl (C=O) groups is 2. The quantitative estimate of drug-likeness (QED) is 0.315. The molecule has 0 aromatic heterocycles. The van der Waals surface area contributed by atoms with Gasteiger partial charge < -0.3 is 4.74 Å². The summed E-state index contributed by atoms with van der Waals surface area (Å²) in [4.78, 5) is 22.8. The minimum atomic E-state index is -0.791. The fourth-order valence-electron chi connectivity index (χ4n) is 1.84. The van der Waals surface area contributed by atoms with Crippen LogP contribution in [0.2, 0.25) is 0 Å². The number of hydrogen-bond acceptors (Lipinski definition) is 3. The molecule has 3 heteroatoms. The zero-order chi connectivity index (χ0) is 12.4. The molecule has 1 atom stereocenters. The first kappa shape index (κ1) is 12.5. The topological polar surface area (TPSA) is 43.4 Å². The lowest BCUT2D eigenvalue weighted by atomic mass is 9.66. The molecule has 0 radical (unpaired) electrons. The molecular weight excluding hydrogens is 204 g/mol. The molecule has 0 aromatic rings. The smallest absolute Gasteiger partial charge is 0.384 e. The summed E-state index contributed by atoms with van der Waals surface area (Å²) in [6.07, 6.45) is 9.53. The molecule has 0 N–H and O–H groups in total. The Morgan fingerprint density at radius 1 is 1.44 bits per heavy atom. The second kappa shape index (κ2) is 4.13. The van der Waals surface area contributed by atoms with Gasteiger partial charge in [0.2, 0.25) is 0 Å². The first-order valence-electron chi connectivity index (χ1n) is 5.18. The number of carbonyl (C=O) groups excluding carboxylic acids is 2. The lowest BCUT2D eigenvalue weighted by molar-refractivity contribution is -0.147. The number of terminal acetylenes is 1. The van der Waals surface area contributed by atoms with E-state index >= 15 is 0 Å². The van der Waals surface area contributed by atoms with Crippen molar-refractivity contribution in [2.75, 3.05) is 6.61 Å². The molecule has 0 spiro atoms. The van der Waals surface area contributed by atoms with Crippen LogP contribution in [-0.4, -0.2) is 18.4 Å². The monoisotopic (exact) mass is 220 g/mol. The molecule has 0 fully saturated rings. The van der Waals surface area contributed by atoms with Crippen LogP contribution in [0.15, 0.2) is 12.2 Å². The summed E-state index contributed by atoms with van der Waals surface area (Å²) in [5, 5.41) is 0. The van der Waals surface area contributed by atoms with Gasteiger partial charge in [-0.2, -0.15) is 0 Å². The predicted octanol–water partition coefficient (Wildman–Crippen LogP) is 1.72. The summed E-state index contributed by atoms with van der Waals surface area (Å²) in [5.74, 6) is 0.933. The lowest BCUT2D eigenvalue weighted by Gasteiger charge is -2.36. The van der Waals surface area contributed by atoms with Crippen LogP contribution in [0.1, 0.15) is 27.2 Å². The van der Waals surface area contributed by atoms with E-state index in [-0.39, 0.29) is 17.8 Å². The SMILES string of the molecule is C#CC(=O)OCC(=O)[C@@]1(C)CC=CC1(C)C. The summed E-state index contributed by atoms with van der Waals surface area (Å²) in [5.41, 5.74) is -0.728. The molecule has 0 aliphatic heterocycles. The van der Waals surface area contributed by atoms with Crippen LogP contribution in [0.25, 0.3) is 0 Å². The van der Waals surface area contributed by atoms with Crippen LogP contribution in [0, 0.1) is 23.2 Å². The molecule has 86 valence electrons. The molecule has 1 aliphatic carbocycles. The first-order chi connectivity index (χ1) is 7.33. The molecule has 0 saturated carbocycles. The van der Waals surface area contributed by atoms with Gasteiger partial charge in [-0.15, -0.1) is 6.42 Å². The lowest BCUT2D eigenvalue weighted by Crippen LogP contribution is -2.40. The van der Waals surface area contributed by atoms with Gasteiger partial charge in [0.05, 0.1) is 0 Å². The van der Waals surface area contributed by atoms with Gasteiger partial charge in [0.1, 0.15) is 0 Å². The third kappa shape index (κ3) is 2.01. The molecule has 1 aliphatic rings. The summed E-state index contributed by atoms with van der Waals surface area (Å²) in [7, 11) is 0. The summed E-state index contributed by atoms with van der Waals surface area (Å²) in [6.45, 7) is 5.64. The number of allylic oxidation sites excluding steroid dienone is 2. The van der Waals surface area contributed by atoms with Gasteiger partial charge in [-0.1, -0.05) is 32.9 Å². The molecule has 0 unspecified atom stereocenters. The molecule has 0 aromatic carbocycles. The van der Waals surface area contributed by atoms with Crippen molar-refractivity contribution in [3.8, 4) is 12.3 Å². The second-order valence-electron chi connectivity index (χ2n) is 4.80. The molecule has 16 heavy (non-hydrogen) atoms. The fraction of sp³-hybridized carbons (Fsp3) is 0.538. The number of ether oxygens (including phenoxy) is 1. The minimum Gasteiger partial charge on any atom is -0.448 e. The zero-order valence-corrected chi connectivity index (χ0v) is 9.87. The van der Waals surface area contributed by atoms with Crippen LogP contribution < -0.4 is 0 Å². The highest BCUT2D eigenvalue weighted by Crippen LogP contribution is 2.48. The average Bonchev–Trinajstić information content (AvgIpc) is 2.50. The van der Waals surface area contributed by atoms with Crippen molar-refractivity contribution in [2.24, 2.45) is 10.8 Å². The third-order valence-corrected chi connectivity index (χ3v) is 3.55. The van der Waals surface area contributed by atoms with E-state index in [4.69, 9.17) is 6.42 Å². The van der Waals surface area contributed by atoms with E-state index in [2.05, 4.69) is 4.74 Å². The highest BCUT2D eigenvalue weighted by Gasteiger charge is 2.47. The molecule has 0 amide bonds. The van der Waals surface area contributed by atoms with Crippen molar-refractivity contribution < 1.29 is 14.3 Å². The summed E-state index contributed by atoms with van der Waals surface area (Å²) in [6, 6.07) is 0. The van der Waals surface area contributed by atoms with Crippen molar-refractivity contribution in [1.82, 2.24) is 0 Å². The molecule has 0 heterocycles. The van der Waals surface area contributed by atoms with E-state index in [0.717, 1.165) is 0 Å². The molecule has 3 nitrogen and oxygen atoms in total. The first-order valence-corrected chi connectivity index (χ1v) is 5.18. The van der Waals surface area contributed by atoms with Crippen molar-refractivity contribution in [3.63, 3.8) is 0 Å². The Labute approximate surface area is 95.9 Å². The highest BCUT2D eigenvalue weighted by molar-refractivity contribution is 5.92. The Hall–Kier alpha value is -1.56. The minimum absolute atomic E-state index is 0.0916. The van der Waals surface area contributed by atoms with Crippen LogP contribution in [0.4, 0.5) is 0 Å². The summed E-state index contributed by atoms with van der Waals surface area (Å²) < 4.78 is 4.67. The Bertz CT molecular complexity index is 384. The number of Topliss-reactive ketones (excluding diaryl/α,β-unsaturated/α-hetero) is 1. The number of ketones is 1. The average molecular weight is 220 g/mol. The normalized spacial score (nSPS) is 26.1.